The highest BCUT2D eigenvalue weighted by Gasteiger charge is 2.54. The molecule has 4 rings (SSSR count). The van der Waals surface area contributed by atoms with Crippen LogP contribution < -0.4 is 11.1 Å². The molecule has 0 spiro atoms. The monoisotopic (exact) mass is 505 g/mol. The number of thiazole rings is 1. The van der Waals surface area contributed by atoms with Gasteiger partial charge in [0.15, 0.2) is 10.8 Å². The van der Waals surface area contributed by atoms with Crippen LogP contribution in [0.2, 0.25) is 0 Å². The Balaban J connectivity index is 1.49. The molecule has 2 aromatic rings. The van der Waals surface area contributed by atoms with Crippen molar-refractivity contribution in [3.05, 3.63) is 40.3 Å². The number of carboxylic acid groups (broad SMARTS) is 1. The lowest BCUT2D eigenvalue weighted by Gasteiger charge is -2.49. The van der Waals surface area contributed by atoms with Gasteiger partial charge < -0.3 is 21.0 Å². The number of hydrogen-bond donors (Lipinski definition) is 3. The molecule has 4 N–H and O–H groups in total. The highest BCUT2D eigenvalue weighted by atomic mass is 32.2. The molecule has 34 heavy (non-hydrogen) atoms. The summed E-state index contributed by atoms with van der Waals surface area (Å²) in [5.41, 5.74) is 6.04. The number of amides is 2. The largest absolute Gasteiger partial charge is 0.477 e. The average Bonchev–Trinajstić information content (AvgIpc) is 3.42. The number of rotatable bonds is 8. The number of nitrogens with two attached hydrogens (primary N) is 1. The number of nitrogen functional groups attached to an aromatic ring is 1. The number of aryl methyl sites for hydroxylation is 1. The van der Waals surface area contributed by atoms with Gasteiger partial charge in [0.2, 0.25) is 0 Å². The van der Waals surface area contributed by atoms with Gasteiger partial charge in [-0.15, -0.1) is 28.2 Å². The Morgan fingerprint density at radius 2 is 2.26 bits per heavy atom. The topological polar surface area (TPSA) is 191 Å². The van der Waals surface area contributed by atoms with Crippen molar-refractivity contribution in [1.82, 2.24) is 35.4 Å². The number of β-lactam (4-membered cyclic amide) rings is 1. The third kappa shape index (κ3) is 4.36. The van der Waals surface area contributed by atoms with Crippen LogP contribution in [-0.4, -0.2) is 83.0 Å². The standard InChI is InChI=1S/C18H19N9O5S2/c1-8-22-24-25-26(8)5-3-4-9-6-33-16-12(15(29)27(16)13(9)17(30)31)21-14(28)11(23-32-2)10-7-34-18(19)20-10/h3-4,7,12,16H,5-6H2,1-2H3,(H2,19,20)(H,21,28)(H,30,31)/b4-3-,23-11?/t12?,16-/m1/s1. The fraction of sp³-hybridized carbons (Fsp3) is 0.333. The molecule has 2 atom stereocenters. The Bertz CT molecular complexity index is 1230. The summed E-state index contributed by atoms with van der Waals surface area (Å²) in [7, 11) is 1.27. The third-order valence-electron chi connectivity index (χ3n) is 4.96. The molecular weight excluding hydrogens is 486 g/mol. The quantitative estimate of drug-likeness (QED) is 0.235. The molecule has 16 heteroatoms. The predicted octanol–water partition coefficient (Wildman–Crippen LogP) is -0.634. The van der Waals surface area contributed by atoms with Crippen molar-refractivity contribution in [1.29, 1.82) is 0 Å². The van der Waals surface area contributed by atoms with Crippen LogP contribution in [0.1, 0.15) is 11.5 Å². The van der Waals surface area contributed by atoms with Crippen LogP contribution >= 0.6 is 23.1 Å². The van der Waals surface area contributed by atoms with Gasteiger partial charge in [-0.05, 0) is 22.9 Å². The number of nitrogens with one attached hydrogen (secondary N) is 1. The minimum absolute atomic E-state index is 0.123. The zero-order chi connectivity index (χ0) is 24.4. The van der Waals surface area contributed by atoms with Crippen LogP contribution in [0.5, 0.6) is 0 Å². The Labute approximate surface area is 200 Å². The Morgan fingerprint density at radius 1 is 1.47 bits per heavy atom. The van der Waals surface area contributed by atoms with E-state index in [0.717, 1.165) is 11.3 Å². The van der Waals surface area contributed by atoms with Gasteiger partial charge in [-0.25, -0.2) is 14.5 Å². The van der Waals surface area contributed by atoms with E-state index in [1.54, 1.807) is 23.8 Å². The predicted molar refractivity (Wildman–Crippen MR) is 121 cm³/mol. The third-order valence-corrected chi connectivity index (χ3v) is 6.93. The van der Waals surface area contributed by atoms with E-state index >= 15 is 0 Å². The maximum atomic E-state index is 12.9. The molecule has 2 amide bonds. The van der Waals surface area contributed by atoms with E-state index in [1.165, 1.54) is 29.2 Å². The van der Waals surface area contributed by atoms with Crippen LogP contribution in [-0.2, 0) is 25.8 Å². The molecule has 2 aliphatic rings. The number of anilines is 1. The number of carbonyl (C=O) groups excluding carboxylic acids is 2. The van der Waals surface area contributed by atoms with Crippen molar-refractivity contribution >= 4 is 51.7 Å². The van der Waals surface area contributed by atoms with E-state index in [0.29, 0.717) is 23.7 Å². The van der Waals surface area contributed by atoms with Gasteiger partial charge in [0.1, 0.15) is 35.7 Å². The van der Waals surface area contributed by atoms with Gasteiger partial charge in [0.05, 0.1) is 6.54 Å². The smallest absolute Gasteiger partial charge is 0.352 e. The molecule has 178 valence electrons. The van der Waals surface area contributed by atoms with Crippen molar-refractivity contribution in [2.75, 3.05) is 18.6 Å². The summed E-state index contributed by atoms with van der Waals surface area (Å²) >= 11 is 2.46. The lowest BCUT2D eigenvalue weighted by molar-refractivity contribution is -0.150. The minimum atomic E-state index is -1.23. The second-order valence-electron chi connectivity index (χ2n) is 7.04. The summed E-state index contributed by atoms with van der Waals surface area (Å²) in [6.07, 6.45) is 3.36. The van der Waals surface area contributed by atoms with Gasteiger partial charge in [-0.3, -0.25) is 14.5 Å². The summed E-state index contributed by atoms with van der Waals surface area (Å²) < 4.78 is 1.55. The van der Waals surface area contributed by atoms with Gasteiger partial charge >= 0.3 is 5.97 Å². The zero-order valence-electron chi connectivity index (χ0n) is 17.9. The van der Waals surface area contributed by atoms with Gasteiger partial charge in [0, 0.05) is 11.1 Å². The molecular formula is C18H19N9O5S2. The number of allylic oxidation sites excluding steroid dienone is 2. The van der Waals surface area contributed by atoms with Crippen LogP contribution in [0.4, 0.5) is 5.13 Å². The number of nitrogens with zero attached hydrogens (tertiary/aromatic N) is 7. The molecule has 4 heterocycles. The maximum absolute atomic E-state index is 12.9. The SMILES string of the molecule is CON=C(C(=O)NC1C(=O)N2C(C(=O)O)=C(/C=C\Cn3nnnc3C)CS[C@H]12)c1csc(N)n1. The summed E-state index contributed by atoms with van der Waals surface area (Å²) in [6, 6.07) is -0.931. The van der Waals surface area contributed by atoms with E-state index < -0.39 is 29.2 Å². The Morgan fingerprint density at radius 3 is 2.88 bits per heavy atom. The van der Waals surface area contributed by atoms with E-state index in [4.69, 9.17) is 10.6 Å². The maximum Gasteiger partial charge on any atom is 0.352 e. The number of carbonyl (C=O) groups is 3. The second kappa shape index (κ2) is 9.60. The summed E-state index contributed by atoms with van der Waals surface area (Å²) in [5.74, 6) is -1.52. The minimum Gasteiger partial charge on any atom is -0.477 e. The van der Waals surface area contributed by atoms with Crippen LogP contribution in [0, 0.1) is 6.92 Å². The molecule has 0 aliphatic carbocycles. The van der Waals surface area contributed by atoms with Crippen LogP contribution in [0.15, 0.2) is 34.0 Å². The first-order valence-corrected chi connectivity index (χ1v) is 11.7. The molecule has 0 aromatic carbocycles. The van der Waals surface area contributed by atoms with E-state index in [9.17, 15) is 19.5 Å². The number of oxime groups is 1. The van der Waals surface area contributed by atoms with Crippen LogP contribution in [0.3, 0.4) is 0 Å². The van der Waals surface area contributed by atoms with E-state index in [2.05, 4.69) is 31.0 Å². The molecule has 0 radical (unpaired) electrons. The zero-order valence-corrected chi connectivity index (χ0v) is 19.5. The highest BCUT2D eigenvalue weighted by molar-refractivity contribution is 8.00. The number of hydrogen-bond acceptors (Lipinski definition) is 12. The first-order valence-electron chi connectivity index (χ1n) is 9.75. The van der Waals surface area contributed by atoms with Gasteiger partial charge in [0.25, 0.3) is 11.8 Å². The number of carboxylic acids is 1. The normalized spacial score (nSPS) is 20.4. The average molecular weight is 506 g/mol. The number of fused-ring (bicyclic) bond motifs is 1. The Hall–Kier alpha value is -3.79. The summed E-state index contributed by atoms with van der Waals surface area (Å²) in [4.78, 5) is 47.6. The van der Waals surface area contributed by atoms with Crippen molar-refractivity contribution in [3.63, 3.8) is 0 Å². The van der Waals surface area contributed by atoms with Crippen molar-refractivity contribution in [2.45, 2.75) is 24.9 Å². The number of aliphatic carboxylic acids is 1. The second-order valence-corrected chi connectivity index (χ2v) is 9.04. The molecule has 0 saturated carbocycles. The lowest BCUT2D eigenvalue weighted by atomic mass is 10.0. The lowest BCUT2D eigenvalue weighted by Crippen LogP contribution is -2.71. The molecule has 1 saturated heterocycles. The number of aromatic nitrogens is 5. The molecule has 14 nitrogen and oxygen atoms in total. The highest BCUT2D eigenvalue weighted by Crippen LogP contribution is 2.40. The molecule has 2 aromatic heterocycles. The van der Waals surface area contributed by atoms with Gasteiger partial charge in [-0.1, -0.05) is 17.3 Å². The molecule has 1 unspecified atom stereocenters. The number of tetrazole rings is 1. The fourth-order valence-electron chi connectivity index (χ4n) is 3.39. The van der Waals surface area contributed by atoms with Crippen molar-refractivity contribution < 1.29 is 24.3 Å². The fourth-order valence-corrected chi connectivity index (χ4v) is 5.25. The molecule has 0 bridgehead atoms. The molecule has 2 aliphatic heterocycles. The first kappa shape index (κ1) is 23.4. The Kier molecular flexibility index (Phi) is 6.60. The van der Waals surface area contributed by atoms with Crippen molar-refractivity contribution in [3.8, 4) is 0 Å². The van der Waals surface area contributed by atoms with Crippen LogP contribution in [0.25, 0.3) is 0 Å². The van der Waals surface area contributed by atoms with Gasteiger partial charge in [-0.2, -0.15) is 0 Å². The van der Waals surface area contributed by atoms with Crippen molar-refractivity contribution in [2.24, 2.45) is 5.16 Å². The number of thioether (sulfide) groups is 1. The summed E-state index contributed by atoms with van der Waals surface area (Å²) in [6.45, 7) is 2.09. The van der Waals surface area contributed by atoms with E-state index in [-0.39, 0.29) is 22.2 Å². The van der Waals surface area contributed by atoms with E-state index in [1.807, 2.05) is 0 Å². The summed E-state index contributed by atoms with van der Waals surface area (Å²) in [5, 5.41) is 28.4. The molecule has 1 fully saturated rings. The first-order chi connectivity index (χ1) is 16.3.